The average molecular weight is 185 g/mol. The van der Waals surface area contributed by atoms with Crippen molar-refractivity contribution in [1.29, 1.82) is 0 Å². The Kier molecular flexibility index (Phi) is 1.76. The Labute approximate surface area is 89.4 Å². The van der Waals surface area contributed by atoms with Crippen LogP contribution < -0.4 is 0 Å². The van der Waals surface area contributed by atoms with Gasteiger partial charge in [-0.25, -0.2) is 0 Å². The molecule has 0 radical (unpaired) electrons. The Balaban J connectivity index is 2.48. The van der Waals surface area contributed by atoms with Gasteiger partial charge in [-0.15, -0.1) is 0 Å². The van der Waals surface area contributed by atoms with Crippen LogP contribution in [0.25, 0.3) is 0 Å². The molecule has 0 saturated carbocycles. The molecule has 0 aromatic heterocycles. The standard InChI is InChI=1S/C14H14/c1-12(13-8-4-2-5-9-13)14-10-6-3-7-11-14/h2-12H,1H3/i1D3. The summed E-state index contributed by atoms with van der Waals surface area (Å²) in [7, 11) is 0. The van der Waals surface area contributed by atoms with Crippen molar-refractivity contribution < 1.29 is 4.11 Å². The van der Waals surface area contributed by atoms with Crippen LogP contribution in [-0.4, -0.2) is 0 Å². The highest BCUT2D eigenvalue weighted by Gasteiger charge is 2.05. The molecule has 0 heteroatoms. The topological polar surface area (TPSA) is 0 Å². The number of hydrogen-bond acceptors (Lipinski definition) is 0. The molecule has 0 spiro atoms. The van der Waals surface area contributed by atoms with E-state index in [1.165, 1.54) is 0 Å². The molecule has 2 rings (SSSR count). The fraction of sp³-hybridized carbons (Fsp3) is 0.143. The molecule has 0 atom stereocenters. The lowest BCUT2D eigenvalue weighted by Gasteiger charge is -2.11. The first-order valence-electron chi connectivity index (χ1n) is 6.19. The summed E-state index contributed by atoms with van der Waals surface area (Å²) >= 11 is 0. The van der Waals surface area contributed by atoms with Crippen molar-refractivity contribution in [3.63, 3.8) is 0 Å². The Morgan fingerprint density at radius 2 is 1.21 bits per heavy atom. The maximum absolute atomic E-state index is 7.70. The summed E-state index contributed by atoms with van der Waals surface area (Å²) in [5.74, 6) is -0.551. The molecule has 0 unspecified atom stereocenters. The van der Waals surface area contributed by atoms with Gasteiger partial charge in [0.05, 0.1) is 0 Å². The normalized spacial score (nSPS) is 14.5. The van der Waals surface area contributed by atoms with E-state index >= 15 is 0 Å². The van der Waals surface area contributed by atoms with E-state index in [0.29, 0.717) is 0 Å². The van der Waals surface area contributed by atoms with Gasteiger partial charge in [0, 0.05) is 10.0 Å². The molecule has 14 heavy (non-hydrogen) atoms. The summed E-state index contributed by atoms with van der Waals surface area (Å²) in [5.41, 5.74) is 1.66. The van der Waals surface area contributed by atoms with Crippen molar-refractivity contribution in [1.82, 2.24) is 0 Å². The third-order valence-electron chi connectivity index (χ3n) is 2.27. The van der Waals surface area contributed by atoms with Crippen molar-refractivity contribution in [2.75, 3.05) is 0 Å². The van der Waals surface area contributed by atoms with Crippen molar-refractivity contribution in [3.05, 3.63) is 71.8 Å². The molecule has 0 bridgehead atoms. The zero-order chi connectivity index (χ0) is 12.3. The van der Waals surface area contributed by atoms with Crippen molar-refractivity contribution in [2.24, 2.45) is 0 Å². The fourth-order valence-electron chi connectivity index (χ4n) is 1.48. The van der Waals surface area contributed by atoms with E-state index in [4.69, 9.17) is 4.11 Å². The van der Waals surface area contributed by atoms with Crippen LogP contribution in [0.1, 0.15) is 28.0 Å². The van der Waals surface area contributed by atoms with Gasteiger partial charge in [0.15, 0.2) is 0 Å². The predicted molar refractivity (Wildman–Crippen MR) is 60.4 cm³/mol. The highest BCUT2D eigenvalue weighted by atomic mass is 14.1. The van der Waals surface area contributed by atoms with Gasteiger partial charge in [-0.2, -0.15) is 0 Å². The molecule has 2 aromatic carbocycles. The van der Waals surface area contributed by atoms with Crippen LogP contribution >= 0.6 is 0 Å². The largest absolute Gasteiger partial charge is 0.0622 e. The maximum atomic E-state index is 7.70. The Morgan fingerprint density at radius 3 is 1.57 bits per heavy atom. The van der Waals surface area contributed by atoms with Gasteiger partial charge < -0.3 is 0 Å². The fourth-order valence-corrected chi connectivity index (χ4v) is 1.48. The SMILES string of the molecule is [2H]C([2H])([2H])C(c1ccccc1)c1ccccc1. The lowest BCUT2D eigenvalue weighted by molar-refractivity contribution is 0.922. The first kappa shape index (κ1) is 6.02. The van der Waals surface area contributed by atoms with E-state index in [1.807, 2.05) is 60.7 Å². The van der Waals surface area contributed by atoms with Crippen LogP contribution in [0.2, 0.25) is 0 Å². The van der Waals surface area contributed by atoms with Crippen LogP contribution in [0.15, 0.2) is 60.7 Å². The third-order valence-corrected chi connectivity index (χ3v) is 2.27. The minimum absolute atomic E-state index is 0.551. The summed E-state index contributed by atoms with van der Waals surface area (Å²) < 4.78 is 23.1. The van der Waals surface area contributed by atoms with Crippen molar-refractivity contribution in [3.8, 4) is 0 Å². The second-order valence-corrected chi connectivity index (χ2v) is 3.25. The smallest absolute Gasteiger partial charge is 0.0240 e. The Morgan fingerprint density at radius 1 is 0.786 bits per heavy atom. The van der Waals surface area contributed by atoms with Gasteiger partial charge in [-0.05, 0) is 11.1 Å². The average Bonchev–Trinajstić information content (AvgIpc) is 2.30. The summed E-state index contributed by atoms with van der Waals surface area (Å²) in [6, 6.07) is 18.7. The van der Waals surface area contributed by atoms with Crippen molar-refractivity contribution >= 4 is 0 Å². The second-order valence-electron chi connectivity index (χ2n) is 3.25. The molecular weight excluding hydrogens is 168 g/mol. The zero-order valence-corrected chi connectivity index (χ0v) is 7.85. The van der Waals surface area contributed by atoms with E-state index in [9.17, 15) is 0 Å². The van der Waals surface area contributed by atoms with Crippen molar-refractivity contribution in [2.45, 2.75) is 12.8 Å². The van der Waals surface area contributed by atoms with Gasteiger partial charge >= 0.3 is 0 Å². The molecule has 0 heterocycles. The number of hydrogen-bond donors (Lipinski definition) is 0. The number of rotatable bonds is 2. The van der Waals surface area contributed by atoms with E-state index in [2.05, 4.69) is 0 Å². The van der Waals surface area contributed by atoms with Gasteiger partial charge in [-0.1, -0.05) is 67.5 Å². The first-order chi connectivity index (χ1) is 8.09. The molecule has 0 fully saturated rings. The molecule has 0 aliphatic rings. The van der Waals surface area contributed by atoms with Gasteiger partial charge in [-0.3, -0.25) is 0 Å². The first-order valence-corrected chi connectivity index (χ1v) is 4.69. The molecule has 0 saturated heterocycles. The lowest BCUT2D eigenvalue weighted by atomic mass is 9.93. The van der Waals surface area contributed by atoms with E-state index in [0.717, 1.165) is 11.1 Å². The molecule has 0 aliphatic heterocycles. The van der Waals surface area contributed by atoms with E-state index in [-0.39, 0.29) is 0 Å². The predicted octanol–water partition coefficient (Wildman–Crippen LogP) is 3.84. The molecule has 0 N–H and O–H groups in total. The second kappa shape index (κ2) is 4.10. The van der Waals surface area contributed by atoms with Gasteiger partial charge in [0.1, 0.15) is 0 Å². The third kappa shape index (κ3) is 1.85. The van der Waals surface area contributed by atoms with Gasteiger partial charge in [0.2, 0.25) is 0 Å². The van der Waals surface area contributed by atoms with Crippen LogP contribution in [0.5, 0.6) is 0 Å². The maximum Gasteiger partial charge on any atom is 0.0240 e. The molecular formula is C14H14. The highest BCUT2D eigenvalue weighted by Crippen LogP contribution is 2.22. The van der Waals surface area contributed by atoms with E-state index in [1.54, 1.807) is 0 Å². The molecule has 0 nitrogen and oxygen atoms in total. The minimum atomic E-state index is -2.03. The number of benzene rings is 2. The summed E-state index contributed by atoms with van der Waals surface area (Å²) in [4.78, 5) is 0. The minimum Gasteiger partial charge on any atom is -0.0622 e. The molecule has 0 aliphatic carbocycles. The van der Waals surface area contributed by atoms with Crippen LogP contribution in [0.4, 0.5) is 0 Å². The highest BCUT2D eigenvalue weighted by molar-refractivity contribution is 5.31. The summed E-state index contributed by atoms with van der Waals surface area (Å²) in [6.07, 6.45) is 0. The molecule has 2 aromatic rings. The van der Waals surface area contributed by atoms with Crippen LogP contribution in [0, 0.1) is 0 Å². The lowest BCUT2D eigenvalue weighted by Crippen LogP contribution is -1.94. The summed E-state index contributed by atoms with van der Waals surface area (Å²) in [6.45, 7) is -2.03. The van der Waals surface area contributed by atoms with Gasteiger partial charge in [0.25, 0.3) is 0 Å². The quantitative estimate of drug-likeness (QED) is 0.667. The van der Waals surface area contributed by atoms with E-state index < -0.39 is 12.8 Å². The van der Waals surface area contributed by atoms with Crippen LogP contribution in [-0.2, 0) is 0 Å². The Hall–Kier alpha value is -1.56. The molecule has 0 amide bonds. The zero-order valence-electron chi connectivity index (χ0n) is 10.9. The summed E-state index contributed by atoms with van der Waals surface area (Å²) in [5, 5.41) is 0. The monoisotopic (exact) mass is 185 g/mol. The van der Waals surface area contributed by atoms with Crippen LogP contribution in [0.3, 0.4) is 0 Å². The Bertz CT molecular complexity index is 420. The molecule has 70 valence electrons.